The lowest BCUT2D eigenvalue weighted by atomic mass is 9.97. The monoisotopic (exact) mass is 339 g/mol. The summed E-state index contributed by atoms with van der Waals surface area (Å²) in [5.74, 6) is 0. The molecule has 3 aromatic rings. The minimum atomic E-state index is -0.0571. The van der Waals surface area contributed by atoms with Gasteiger partial charge in [0.1, 0.15) is 10.2 Å². The molecule has 0 atom stereocenters. The standard InChI is InChI=1S/C17H13N3OS2/c18-10-22-17-19-15-14(12-8-4-5-9-13(12)23-15)16(21)20(17)11-6-2-1-3-7-11/h1-3,6-7H,4-5,8-9H2. The van der Waals surface area contributed by atoms with E-state index in [0.29, 0.717) is 5.16 Å². The number of fused-ring (bicyclic) bond motifs is 3. The van der Waals surface area contributed by atoms with Crippen LogP contribution in [0.5, 0.6) is 0 Å². The van der Waals surface area contributed by atoms with E-state index in [1.165, 1.54) is 16.9 Å². The summed E-state index contributed by atoms with van der Waals surface area (Å²) in [6, 6.07) is 9.42. The predicted octanol–water partition coefficient (Wildman–Crippen LogP) is 3.90. The lowest BCUT2D eigenvalue weighted by Gasteiger charge is -2.12. The Bertz CT molecular complexity index is 983. The molecule has 0 aliphatic heterocycles. The third kappa shape index (κ3) is 2.37. The van der Waals surface area contributed by atoms with Gasteiger partial charge in [-0.25, -0.2) is 4.98 Å². The van der Waals surface area contributed by atoms with Crippen LogP contribution >= 0.6 is 23.1 Å². The molecule has 4 rings (SSSR count). The van der Waals surface area contributed by atoms with Crippen molar-refractivity contribution in [3.05, 3.63) is 51.1 Å². The first-order chi connectivity index (χ1) is 11.3. The largest absolute Gasteiger partial charge is 0.268 e. The van der Waals surface area contributed by atoms with Gasteiger partial charge in [-0.1, -0.05) is 18.2 Å². The summed E-state index contributed by atoms with van der Waals surface area (Å²) >= 11 is 2.55. The molecule has 0 fully saturated rings. The summed E-state index contributed by atoms with van der Waals surface area (Å²) < 4.78 is 1.57. The maximum absolute atomic E-state index is 13.2. The van der Waals surface area contributed by atoms with Crippen LogP contribution in [-0.4, -0.2) is 9.55 Å². The molecule has 0 spiro atoms. The Morgan fingerprint density at radius 3 is 2.78 bits per heavy atom. The molecule has 0 N–H and O–H groups in total. The Morgan fingerprint density at radius 2 is 2.00 bits per heavy atom. The third-order valence-electron chi connectivity index (χ3n) is 4.11. The van der Waals surface area contributed by atoms with Gasteiger partial charge in [-0.05, 0) is 43.4 Å². The number of thiocyanates is 1. The molecule has 0 unspecified atom stereocenters. The van der Waals surface area contributed by atoms with E-state index < -0.39 is 0 Å². The Balaban J connectivity index is 2.07. The van der Waals surface area contributed by atoms with Crippen molar-refractivity contribution >= 4 is 33.3 Å². The molecule has 0 radical (unpaired) electrons. The lowest BCUT2D eigenvalue weighted by Crippen LogP contribution is -2.22. The van der Waals surface area contributed by atoms with Gasteiger partial charge in [0.15, 0.2) is 5.16 Å². The minimum Gasteiger partial charge on any atom is -0.268 e. The number of thioether (sulfide) groups is 1. The van der Waals surface area contributed by atoms with Crippen molar-refractivity contribution < 1.29 is 0 Å². The normalized spacial score (nSPS) is 13.7. The molecule has 0 bridgehead atoms. The third-order valence-corrected chi connectivity index (χ3v) is 5.84. The van der Waals surface area contributed by atoms with E-state index in [4.69, 9.17) is 5.26 Å². The molecule has 2 aromatic heterocycles. The number of rotatable bonds is 2. The first-order valence-corrected chi connectivity index (χ1v) is 9.11. The Hall–Kier alpha value is -2.10. The van der Waals surface area contributed by atoms with Gasteiger partial charge in [-0.15, -0.1) is 11.3 Å². The molecule has 0 saturated heterocycles. The summed E-state index contributed by atoms with van der Waals surface area (Å²) in [6.45, 7) is 0. The number of nitriles is 1. The van der Waals surface area contributed by atoms with Gasteiger partial charge in [-0.2, -0.15) is 5.26 Å². The molecular formula is C17H13N3OS2. The van der Waals surface area contributed by atoms with Gasteiger partial charge in [0.05, 0.1) is 11.1 Å². The van der Waals surface area contributed by atoms with Crippen molar-refractivity contribution in [2.45, 2.75) is 30.8 Å². The van der Waals surface area contributed by atoms with Crippen molar-refractivity contribution in [2.75, 3.05) is 0 Å². The second kappa shape index (κ2) is 5.84. The van der Waals surface area contributed by atoms with Gasteiger partial charge in [-0.3, -0.25) is 9.36 Å². The Morgan fingerprint density at radius 1 is 1.22 bits per heavy atom. The summed E-state index contributed by atoms with van der Waals surface area (Å²) in [5.41, 5.74) is 1.87. The zero-order valence-corrected chi connectivity index (χ0v) is 13.9. The van der Waals surface area contributed by atoms with E-state index in [1.54, 1.807) is 15.9 Å². The number of para-hydroxylation sites is 1. The highest BCUT2D eigenvalue weighted by Crippen LogP contribution is 2.35. The summed E-state index contributed by atoms with van der Waals surface area (Å²) in [6.07, 6.45) is 4.28. The molecule has 1 aliphatic rings. The van der Waals surface area contributed by atoms with Crippen LogP contribution in [0, 0.1) is 10.7 Å². The predicted molar refractivity (Wildman–Crippen MR) is 93.3 cm³/mol. The molecule has 2 heterocycles. The fourth-order valence-corrected chi connectivity index (χ4v) is 4.91. The van der Waals surface area contributed by atoms with Crippen molar-refractivity contribution in [2.24, 2.45) is 0 Å². The summed E-state index contributed by atoms with van der Waals surface area (Å²) in [7, 11) is 0. The maximum Gasteiger partial charge on any atom is 0.267 e. The van der Waals surface area contributed by atoms with Crippen molar-refractivity contribution in [1.29, 1.82) is 5.26 Å². The molecule has 1 aromatic carbocycles. The fraction of sp³-hybridized carbons (Fsp3) is 0.235. The van der Waals surface area contributed by atoms with Crippen LogP contribution in [-0.2, 0) is 12.8 Å². The number of aryl methyl sites for hydroxylation is 2. The molecule has 0 amide bonds. The Kier molecular flexibility index (Phi) is 3.68. The number of thiophene rings is 1. The van der Waals surface area contributed by atoms with Gasteiger partial charge < -0.3 is 0 Å². The SMILES string of the molecule is N#CSc1nc2sc3c(c2c(=O)n1-c1ccccc1)CCCC3. The van der Waals surface area contributed by atoms with E-state index >= 15 is 0 Å². The lowest BCUT2D eigenvalue weighted by molar-refractivity contribution is 0.699. The van der Waals surface area contributed by atoms with Gasteiger partial charge in [0, 0.05) is 16.6 Å². The number of benzene rings is 1. The highest BCUT2D eigenvalue weighted by atomic mass is 32.2. The first-order valence-electron chi connectivity index (χ1n) is 7.48. The fourth-order valence-electron chi connectivity index (χ4n) is 3.10. The van der Waals surface area contributed by atoms with Gasteiger partial charge in [0.25, 0.3) is 5.56 Å². The van der Waals surface area contributed by atoms with Crippen molar-refractivity contribution in [1.82, 2.24) is 9.55 Å². The van der Waals surface area contributed by atoms with Crippen molar-refractivity contribution in [3.63, 3.8) is 0 Å². The van der Waals surface area contributed by atoms with E-state index in [-0.39, 0.29) is 5.56 Å². The molecule has 6 heteroatoms. The van der Waals surface area contributed by atoms with Crippen LogP contribution in [0.1, 0.15) is 23.3 Å². The molecule has 114 valence electrons. The highest BCUT2D eigenvalue weighted by Gasteiger charge is 2.22. The van der Waals surface area contributed by atoms with E-state index in [0.717, 1.165) is 46.9 Å². The average Bonchev–Trinajstić information content (AvgIpc) is 2.94. The molecular weight excluding hydrogens is 326 g/mol. The topological polar surface area (TPSA) is 58.7 Å². The summed E-state index contributed by atoms with van der Waals surface area (Å²) in [4.78, 5) is 19.9. The van der Waals surface area contributed by atoms with E-state index in [2.05, 4.69) is 4.98 Å². The van der Waals surface area contributed by atoms with Crippen LogP contribution in [0.2, 0.25) is 0 Å². The quantitative estimate of drug-likeness (QED) is 0.404. The maximum atomic E-state index is 13.2. The second-order valence-electron chi connectivity index (χ2n) is 5.45. The molecule has 4 nitrogen and oxygen atoms in total. The number of hydrogen-bond acceptors (Lipinski definition) is 5. The number of hydrogen-bond donors (Lipinski definition) is 0. The second-order valence-corrected chi connectivity index (χ2v) is 7.29. The molecule has 23 heavy (non-hydrogen) atoms. The molecule has 1 aliphatic carbocycles. The zero-order valence-electron chi connectivity index (χ0n) is 12.3. The smallest absolute Gasteiger partial charge is 0.267 e. The van der Waals surface area contributed by atoms with E-state index in [1.807, 2.05) is 35.7 Å². The van der Waals surface area contributed by atoms with Crippen LogP contribution in [0.3, 0.4) is 0 Å². The van der Waals surface area contributed by atoms with Crippen LogP contribution in [0.4, 0.5) is 0 Å². The average molecular weight is 339 g/mol. The van der Waals surface area contributed by atoms with Crippen LogP contribution in [0.15, 0.2) is 40.3 Å². The molecule has 0 saturated carbocycles. The van der Waals surface area contributed by atoms with Gasteiger partial charge in [0.2, 0.25) is 0 Å². The van der Waals surface area contributed by atoms with Crippen LogP contribution in [0.25, 0.3) is 15.9 Å². The van der Waals surface area contributed by atoms with Gasteiger partial charge >= 0.3 is 0 Å². The zero-order chi connectivity index (χ0) is 15.8. The number of aromatic nitrogens is 2. The highest BCUT2D eigenvalue weighted by molar-refractivity contribution is 8.03. The minimum absolute atomic E-state index is 0.0571. The number of nitrogens with zero attached hydrogens (tertiary/aromatic N) is 3. The summed E-state index contributed by atoms with van der Waals surface area (Å²) in [5, 5.41) is 12.3. The van der Waals surface area contributed by atoms with E-state index in [9.17, 15) is 4.79 Å². The van der Waals surface area contributed by atoms with Crippen LogP contribution < -0.4 is 5.56 Å². The first kappa shape index (κ1) is 14.5. The Labute approximate surface area is 141 Å². The van der Waals surface area contributed by atoms with Crippen molar-refractivity contribution in [3.8, 4) is 11.1 Å².